The van der Waals surface area contributed by atoms with E-state index in [1.807, 2.05) is 17.0 Å². The van der Waals surface area contributed by atoms with Crippen LogP contribution in [0.15, 0.2) is 60.7 Å². The van der Waals surface area contributed by atoms with E-state index < -0.39 is 5.54 Å². The van der Waals surface area contributed by atoms with Crippen LogP contribution in [0.3, 0.4) is 0 Å². The molecule has 1 atom stereocenters. The van der Waals surface area contributed by atoms with Gasteiger partial charge in [-0.1, -0.05) is 60.7 Å². The summed E-state index contributed by atoms with van der Waals surface area (Å²) in [6.45, 7) is 1.87. The van der Waals surface area contributed by atoms with Crippen LogP contribution < -0.4 is 5.73 Å². The maximum atomic E-state index is 12.6. The molecule has 26 heavy (non-hydrogen) atoms. The fraction of sp³-hybridized carbons (Fsp3) is 0.409. The highest BCUT2D eigenvalue weighted by atomic mass is 16.5. The van der Waals surface area contributed by atoms with E-state index in [-0.39, 0.29) is 17.9 Å². The Morgan fingerprint density at radius 3 is 2.19 bits per heavy atom. The molecular formula is C22H26N2O2. The minimum absolute atomic E-state index is 0.0282. The van der Waals surface area contributed by atoms with E-state index in [1.165, 1.54) is 11.1 Å². The standard InChI is InChI=1S/C22H26N2O2/c23-22(11-12-22)21(25)24-13-14-26-19(16-24)15-20(17-7-3-1-4-8-17)18-9-5-2-6-10-18/h1-10,19-20H,11-16,23H2/t19-/m1/s1. The maximum absolute atomic E-state index is 12.6. The Bertz CT molecular complexity index is 704. The first-order valence-electron chi connectivity index (χ1n) is 9.45. The minimum atomic E-state index is -0.597. The first-order chi connectivity index (χ1) is 12.7. The van der Waals surface area contributed by atoms with E-state index >= 15 is 0 Å². The molecule has 2 N–H and O–H groups in total. The molecule has 4 nitrogen and oxygen atoms in total. The second kappa shape index (κ2) is 7.22. The number of nitrogens with zero attached hydrogens (tertiary/aromatic N) is 1. The van der Waals surface area contributed by atoms with Gasteiger partial charge in [0.05, 0.1) is 18.2 Å². The van der Waals surface area contributed by atoms with Gasteiger partial charge >= 0.3 is 0 Å². The van der Waals surface area contributed by atoms with E-state index in [0.717, 1.165) is 19.3 Å². The molecule has 1 aliphatic carbocycles. The van der Waals surface area contributed by atoms with Gasteiger partial charge in [-0.15, -0.1) is 0 Å². The first-order valence-corrected chi connectivity index (χ1v) is 9.45. The third-order valence-corrected chi connectivity index (χ3v) is 5.54. The molecule has 4 rings (SSSR count). The van der Waals surface area contributed by atoms with Crippen molar-refractivity contribution >= 4 is 5.91 Å². The summed E-state index contributed by atoms with van der Waals surface area (Å²) in [5.74, 6) is 0.354. The molecule has 1 saturated carbocycles. The van der Waals surface area contributed by atoms with Crippen molar-refractivity contribution in [1.82, 2.24) is 4.90 Å². The van der Waals surface area contributed by atoms with Gasteiger partial charge in [0, 0.05) is 19.0 Å². The molecule has 2 aromatic carbocycles. The Morgan fingerprint density at radius 1 is 1.08 bits per heavy atom. The Hall–Kier alpha value is -2.17. The van der Waals surface area contributed by atoms with Gasteiger partial charge in [-0.3, -0.25) is 4.79 Å². The van der Waals surface area contributed by atoms with Crippen molar-refractivity contribution in [3.63, 3.8) is 0 Å². The van der Waals surface area contributed by atoms with E-state index in [9.17, 15) is 4.79 Å². The average molecular weight is 350 g/mol. The molecule has 2 aromatic rings. The number of nitrogens with two attached hydrogens (primary N) is 1. The number of benzene rings is 2. The number of hydrogen-bond acceptors (Lipinski definition) is 3. The van der Waals surface area contributed by atoms with E-state index in [4.69, 9.17) is 10.5 Å². The van der Waals surface area contributed by atoms with Gasteiger partial charge in [0.15, 0.2) is 0 Å². The van der Waals surface area contributed by atoms with Crippen molar-refractivity contribution in [2.45, 2.75) is 36.8 Å². The Balaban J connectivity index is 1.51. The van der Waals surface area contributed by atoms with Gasteiger partial charge in [0.25, 0.3) is 0 Å². The number of carbonyl (C=O) groups excluding carboxylic acids is 1. The first kappa shape index (κ1) is 17.3. The summed E-state index contributed by atoms with van der Waals surface area (Å²) in [7, 11) is 0. The Kier molecular flexibility index (Phi) is 4.79. The zero-order valence-corrected chi connectivity index (χ0v) is 15.0. The summed E-state index contributed by atoms with van der Waals surface area (Å²) in [5.41, 5.74) is 8.08. The molecule has 0 aromatic heterocycles. The number of rotatable bonds is 5. The monoisotopic (exact) mass is 350 g/mol. The van der Waals surface area contributed by atoms with Crippen molar-refractivity contribution in [1.29, 1.82) is 0 Å². The lowest BCUT2D eigenvalue weighted by Gasteiger charge is -2.36. The summed E-state index contributed by atoms with van der Waals surface area (Å²) < 4.78 is 6.03. The molecule has 136 valence electrons. The SMILES string of the molecule is NC1(C(=O)N2CCO[C@H](CC(c3ccccc3)c3ccccc3)C2)CC1. The van der Waals surface area contributed by atoms with Crippen molar-refractivity contribution < 1.29 is 9.53 Å². The quantitative estimate of drug-likeness (QED) is 0.902. The fourth-order valence-electron chi connectivity index (χ4n) is 3.81. The van der Waals surface area contributed by atoms with E-state index in [2.05, 4.69) is 48.5 Å². The van der Waals surface area contributed by atoms with Crippen molar-refractivity contribution in [3.8, 4) is 0 Å². The van der Waals surface area contributed by atoms with Gasteiger partial charge in [0.2, 0.25) is 5.91 Å². The van der Waals surface area contributed by atoms with Crippen LogP contribution >= 0.6 is 0 Å². The molecule has 0 radical (unpaired) electrons. The smallest absolute Gasteiger partial charge is 0.242 e. The molecule has 1 heterocycles. The van der Waals surface area contributed by atoms with Crippen LogP contribution in [0.1, 0.15) is 36.3 Å². The average Bonchev–Trinajstić information content (AvgIpc) is 3.46. The van der Waals surface area contributed by atoms with Gasteiger partial charge < -0.3 is 15.4 Å². The van der Waals surface area contributed by atoms with Crippen LogP contribution in [0.25, 0.3) is 0 Å². The summed E-state index contributed by atoms with van der Waals surface area (Å²) in [6, 6.07) is 21.1. The normalized spacial score (nSPS) is 21.6. The highest BCUT2D eigenvalue weighted by molar-refractivity contribution is 5.89. The Morgan fingerprint density at radius 2 is 1.65 bits per heavy atom. The van der Waals surface area contributed by atoms with Crippen molar-refractivity contribution in [2.75, 3.05) is 19.7 Å². The summed E-state index contributed by atoms with van der Waals surface area (Å²) in [5, 5.41) is 0. The highest BCUT2D eigenvalue weighted by Gasteiger charge is 2.48. The molecular weight excluding hydrogens is 324 g/mol. The number of hydrogen-bond donors (Lipinski definition) is 1. The second-order valence-electron chi connectivity index (χ2n) is 7.51. The fourth-order valence-corrected chi connectivity index (χ4v) is 3.81. The highest BCUT2D eigenvalue weighted by Crippen LogP contribution is 2.35. The minimum Gasteiger partial charge on any atom is -0.375 e. The molecule has 0 bridgehead atoms. The largest absolute Gasteiger partial charge is 0.375 e. The molecule has 1 amide bonds. The molecule has 4 heteroatoms. The topological polar surface area (TPSA) is 55.6 Å². The summed E-state index contributed by atoms with van der Waals surface area (Å²) in [4.78, 5) is 14.5. The lowest BCUT2D eigenvalue weighted by atomic mass is 9.86. The third kappa shape index (κ3) is 3.67. The molecule has 0 spiro atoms. The van der Waals surface area contributed by atoms with Gasteiger partial charge in [-0.25, -0.2) is 0 Å². The summed E-state index contributed by atoms with van der Waals surface area (Å²) in [6.07, 6.45) is 2.50. The third-order valence-electron chi connectivity index (χ3n) is 5.54. The zero-order chi connectivity index (χ0) is 18.0. The van der Waals surface area contributed by atoms with Crippen LogP contribution in [-0.4, -0.2) is 42.1 Å². The van der Waals surface area contributed by atoms with Crippen LogP contribution in [0, 0.1) is 0 Å². The number of ether oxygens (including phenoxy) is 1. The van der Waals surface area contributed by atoms with Crippen molar-refractivity contribution in [2.24, 2.45) is 5.73 Å². The number of morpholine rings is 1. The lowest BCUT2D eigenvalue weighted by molar-refractivity contribution is -0.141. The van der Waals surface area contributed by atoms with E-state index in [1.54, 1.807) is 0 Å². The van der Waals surface area contributed by atoms with Crippen LogP contribution in [0.5, 0.6) is 0 Å². The molecule has 2 aliphatic rings. The molecule has 0 unspecified atom stereocenters. The van der Waals surface area contributed by atoms with Gasteiger partial charge in [0.1, 0.15) is 0 Å². The second-order valence-corrected chi connectivity index (χ2v) is 7.51. The number of carbonyl (C=O) groups is 1. The predicted molar refractivity (Wildman–Crippen MR) is 102 cm³/mol. The van der Waals surface area contributed by atoms with Crippen LogP contribution in [-0.2, 0) is 9.53 Å². The Labute approximate surface area is 155 Å². The molecule has 1 saturated heterocycles. The maximum Gasteiger partial charge on any atom is 0.242 e. The van der Waals surface area contributed by atoms with Gasteiger partial charge in [-0.2, -0.15) is 0 Å². The predicted octanol–water partition coefficient (Wildman–Crippen LogP) is 2.93. The molecule has 2 fully saturated rings. The van der Waals surface area contributed by atoms with Crippen molar-refractivity contribution in [3.05, 3.63) is 71.8 Å². The van der Waals surface area contributed by atoms with Gasteiger partial charge in [-0.05, 0) is 30.4 Å². The van der Waals surface area contributed by atoms with Crippen LogP contribution in [0.4, 0.5) is 0 Å². The lowest BCUT2D eigenvalue weighted by Crippen LogP contribution is -2.52. The number of amides is 1. The van der Waals surface area contributed by atoms with Crippen LogP contribution in [0.2, 0.25) is 0 Å². The summed E-state index contributed by atoms with van der Waals surface area (Å²) >= 11 is 0. The van der Waals surface area contributed by atoms with E-state index in [0.29, 0.717) is 19.7 Å². The molecule has 1 aliphatic heterocycles. The zero-order valence-electron chi connectivity index (χ0n) is 15.0.